The topological polar surface area (TPSA) is 95.7 Å². The zero-order valence-electron chi connectivity index (χ0n) is 12.7. The Balaban J connectivity index is 2.45. The number of rotatable bonds is 10. The van der Waals surface area contributed by atoms with E-state index in [-0.39, 0.29) is 28.0 Å². The predicted octanol–water partition coefficient (Wildman–Crippen LogP) is 3.56. The summed E-state index contributed by atoms with van der Waals surface area (Å²) >= 11 is 5.84. The molecule has 23 heavy (non-hydrogen) atoms. The number of ether oxygens (including phenoxy) is 2. The maximum Gasteiger partial charge on any atom is 0.305 e. The van der Waals surface area contributed by atoms with Gasteiger partial charge in [-0.2, -0.15) is 0 Å². The summed E-state index contributed by atoms with van der Waals surface area (Å²) in [6.07, 6.45) is 2.84. The van der Waals surface area contributed by atoms with Gasteiger partial charge in [0.1, 0.15) is 11.3 Å². The van der Waals surface area contributed by atoms with Gasteiger partial charge >= 0.3 is 5.97 Å². The maximum atomic E-state index is 11.1. The minimum atomic E-state index is -0.679. The van der Waals surface area contributed by atoms with Crippen molar-refractivity contribution in [3.63, 3.8) is 0 Å². The fraction of sp³-hybridized carbons (Fsp3) is 0.467. The third-order valence-electron chi connectivity index (χ3n) is 3.00. The van der Waals surface area contributed by atoms with Gasteiger partial charge in [-0.15, -0.1) is 0 Å². The van der Waals surface area contributed by atoms with E-state index in [0.717, 1.165) is 6.42 Å². The summed E-state index contributed by atoms with van der Waals surface area (Å²) in [5.41, 5.74) is -0.553. The van der Waals surface area contributed by atoms with E-state index in [9.17, 15) is 19.7 Å². The summed E-state index contributed by atoms with van der Waals surface area (Å²) in [7, 11) is 0. The Kier molecular flexibility index (Phi) is 8.04. The minimum absolute atomic E-state index is 0.0217. The Bertz CT molecular complexity index is 575. The molecule has 0 atom stereocenters. The molecule has 1 aromatic carbocycles. The smallest absolute Gasteiger partial charge is 0.305 e. The molecule has 0 aromatic heterocycles. The third-order valence-corrected chi connectivity index (χ3v) is 3.31. The molecule has 0 radical (unpaired) electrons. The summed E-state index contributed by atoms with van der Waals surface area (Å²) in [6, 6.07) is 2.55. The largest absolute Gasteiger partial charge is 0.493 e. The Morgan fingerprint density at radius 2 is 2.09 bits per heavy atom. The normalized spacial score (nSPS) is 10.2. The van der Waals surface area contributed by atoms with Crippen molar-refractivity contribution in [2.24, 2.45) is 0 Å². The standard InChI is InChI=1S/C15H18ClNO6/c1-2-22-15(19)6-4-3-5-7-23-11-8-13(16)12(10-18)14(9-11)17(20)21/h8-10H,2-7H2,1H3. The molecule has 0 amide bonds. The summed E-state index contributed by atoms with van der Waals surface area (Å²) in [4.78, 5) is 32.2. The van der Waals surface area contributed by atoms with Crippen LogP contribution in [0.15, 0.2) is 12.1 Å². The summed E-state index contributed by atoms with van der Waals surface area (Å²) in [6.45, 7) is 2.46. The molecule has 1 aromatic rings. The summed E-state index contributed by atoms with van der Waals surface area (Å²) in [5, 5.41) is 10.9. The average molecular weight is 344 g/mol. The van der Waals surface area contributed by atoms with Crippen molar-refractivity contribution in [2.45, 2.75) is 32.6 Å². The first-order valence-electron chi connectivity index (χ1n) is 7.21. The Morgan fingerprint density at radius 3 is 2.70 bits per heavy atom. The van der Waals surface area contributed by atoms with Gasteiger partial charge in [0, 0.05) is 6.42 Å². The van der Waals surface area contributed by atoms with Gasteiger partial charge in [-0.05, 0) is 32.3 Å². The summed E-state index contributed by atoms with van der Waals surface area (Å²) in [5.74, 6) is 0.0120. The van der Waals surface area contributed by atoms with Crippen LogP contribution in [0.1, 0.15) is 43.0 Å². The Morgan fingerprint density at radius 1 is 1.35 bits per heavy atom. The van der Waals surface area contributed by atoms with E-state index in [0.29, 0.717) is 38.8 Å². The Labute approximate surface area is 138 Å². The first-order chi connectivity index (χ1) is 11.0. The second-order valence-electron chi connectivity index (χ2n) is 4.68. The lowest BCUT2D eigenvalue weighted by Gasteiger charge is -2.08. The molecule has 0 spiro atoms. The van der Waals surface area contributed by atoms with Crippen LogP contribution >= 0.6 is 11.6 Å². The second-order valence-corrected chi connectivity index (χ2v) is 5.08. The molecule has 8 heteroatoms. The predicted molar refractivity (Wildman–Crippen MR) is 84.1 cm³/mol. The van der Waals surface area contributed by atoms with E-state index in [4.69, 9.17) is 21.1 Å². The lowest BCUT2D eigenvalue weighted by atomic mass is 10.2. The first-order valence-corrected chi connectivity index (χ1v) is 7.59. The zero-order valence-corrected chi connectivity index (χ0v) is 13.5. The Hall–Kier alpha value is -2.15. The fourth-order valence-corrected chi connectivity index (χ4v) is 2.15. The highest BCUT2D eigenvalue weighted by Gasteiger charge is 2.19. The summed E-state index contributed by atoms with van der Waals surface area (Å²) < 4.78 is 10.2. The SMILES string of the molecule is CCOC(=O)CCCCCOc1cc(Cl)c(C=O)c([N+](=O)[O-])c1. The third kappa shape index (κ3) is 6.23. The molecule has 0 unspecified atom stereocenters. The first kappa shape index (κ1) is 18.9. The zero-order chi connectivity index (χ0) is 17.2. The highest BCUT2D eigenvalue weighted by Crippen LogP contribution is 2.30. The van der Waals surface area contributed by atoms with E-state index in [1.54, 1.807) is 6.92 Å². The molecule has 7 nitrogen and oxygen atoms in total. The van der Waals surface area contributed by atoms with Crippen LogP contribution in [0, 0.1) is 10.1 Å². The van der Waals surface area contributed by atoms with Crippen LogP contribution in [0.25, 0.3) is 0 Å². The van der Waals surface area contributed by atoms with Gasteiger partial charge in [-0.1, -0.05) is 11.6 Å². The van der Waals surface area contributed by atoms with Gasteiger partial charge in [-0.25, -0.2) is 0 Å². The van der Waals surface area contributed by atoms with Crippen LogP contribution in [0.4, 0.5) is 5.69 Å². The van der Waals surface area contributed by atoms with Crippen molar-refractivity contribution in [1.82, 2.24) is 0 Å². The average Bonchev–Trinajstić information content (AvgIpc) is 2.50. The fourth-order valence-electron chi connectivity index (χ4n) is 1.90. The number of unbranched alkanes of at least 4 members (excludes halogenated alkanes) is 2. The lowest BCUT2D eigenvalue weighted by Crippen LogP contribution is -2.04. The van der Waals surface area contributed by atoms with Crippen LogP contribution < -0.4 is 4.74 Å². The number of benzene rings is 1. The molecule has 0 aliphatic carbocycles. The van der Waals surface area contributed by atoms with Crippen LogP contribution in [0.3, 0.4) is 0 Å². The number of nitro groups is 1. The number of hydrogen-bond donors (Lipinski definition) is 0. The maximum absolute atomic E-state index is 11.1. The van der Waals surface area contributed by atoms with Gasteiger partial charge < -0.3 is 9.47 Å². The molecule has 0 saturated carbocycles. The minimum Gasteiger partial charge on any atom is -0.493 e. The molecule has 0 heterocycles. The van der Waals surface area contributed by atoms with Crippen molar-refractivity contribution < 1.29 is 24.0 Å². The van der Waals surface area contributed by atoms with Gasteiger partial charge in [0.05, 0.1) is 29.2 Å². The molecule has 0 fully saturated rings. The number of carbonyl (C=O) groups excluding carboxylic acids is 2. The number of nitrogens with zero attached hydrogens (tertiary/aromatic N) is 1. The van der Waals surface area contributed by atoms with Crippen LogP contribution in [-0.2, 0) is 9.53 Å². The van der Waals surface area contributed by atoms with Gasteiger partial charge in [-0.3, -0.25) is 19.7 Å². The highest BCUT2D eigenvalue weighted by molar-refractivity contribution is 6.33. The van der Waals surface area contributed by atoms with E-state index in [1.165, 1.54) is 12.1 Å². The van der Waals surface area contributed by atoms with Crippen molar-refractivity contribution >= 4 is 29.5 Å². The van der Waals surface area contributed by atoms with Gasteiger partial charge in [0.15, 0.2) is 6.29 Å². The molecule has 1 rings (SSSR count). The number of hydrogen-bond acceptors (Lipinski definition) is 6. The molecule has 0 aliphatic heterocycles. The molecule has 0 saturated heterocycles. The highest BCUT2D eigenvalue weighted by atomic mass is 35.5. The monoisotopic (exact) mass is 343 g/mol. The van der Waals surface area contributed by atoms with Gasteiger partial charge in [0.25, 0.3) is 5.69 Å². The molecule has 0 N–H and O–H groups in total. The quantitative estimate of drug-likeness (QED) is 0.212. The number of esters is 1. The van der Waals surface area contributed by atoms with E-state index in [2.05, 4.69) is 0 Å². The number of aldehydes is 1. The van der Waals surface area contributed by atoms with E-state index >= 15 is 0 Å². The van der Waals surface area contributed by atoms with Gasteiger partial charge in [0.2, 0.25) is 0 Å². The number of carbonyl (C=O) groups is 2. The van der Waals surface area contributed by atoms with Crippen LogP contribution in [0.2, 0.25) is 5.02 Å². The number of halogens is 1. The van der Waals surface area contributed by atoms with Crippen molar-refractivity contribution in [1.29, 1.82) is 0 Å². The lowest BCUT2D eigenvalue weighted by molar-refractivity contribution is -0.385. The van der Waals surface area contributed by atoms with E-state index in [1.807, 2.05) is 0 Å². The van der Waals surface area contributed by atoms with Crippen LogP contribution in [-0.4, -0.2) is 30.4 Å². The molecule has 126 valence electrons. The number of nitro benzene ring substituents is 1. The molecular formula is C15H18ClNO6. The second kappa shape index (κ2) is 9.78. The molecule has 0 bridgehead atoms. The van der Waals surface area contributed by atoms with Crippen molar-refractivity contribution in [3.8, 4) is 5.75 Å². The molecular weight excluding hydrogens is 326 g/mol. The van der Waals surface area contributed by atoms with Crippen LogP contribution in [0.5, 0.6) is 5.75 Å². The molecule has 0 aliphatic rings. The van der Waals surface area contributed by atoms with E-state index < -0.39 is 4.92 Å². The van der Waals surface area contributed by atoms with Crippen molar-refractivity contribution in [2.75, 3.05) is 13.2 Å². The van der Waals surface area contributed by atoms with Crippen molar-refractivity contribution in [3.05, 3.63) is 32.8 Å².